The summed E-state index contributed by atoms with van der Waals surface area (Å²) in [5.74, 6) is 0.910. The third-order valence-corrected chi connectivity index (χ3v) is 6.69. The van der Waals surface area contributed by atoms with Crippen LogP contribution in [0.4, 0.5) is 0 Å². The molecule has 5 nitrogen and oxygen atoms in total. The number of phenols is 1. The number of carbonyl (C=O) groups is 1. The highest BCUT2D eigenvalue weighted by Crippen LogP contribution is 2.62. The molecule has 2 bridgehead atoms. The minimum Gasteiger partial charge on any atom is -0.504 e. The van der Waals surface area contributed by atoms with Crippen LogP contribution >= 0.6 is 0 Å². The third kappa shape index (κ3) is 1.79. The fraction of sp³-hybridized carbons (Fsp3) is 0.550. The molecular weight excluding hydrogens is 318 g/mol. The molecule has 0 unspecified atom stereocenters. The molecule has 1 saturated heterocycles. The van der Waals surface area contributed by atoms with Crippen LogP contribution in [-0.4, -0.2) is 47.8 Å². The molecule has 2 aliphatic carbocycles. The van der Waals surface area contributed by atoms with Crippen LogP contribution in [0.1, 0.15) is 30.9 Å². The van der Waals surface area contributed by atoms with Crippen molar-refractivity contribution in [3.63, 3.8) is 0 Å². The molecule has 5 atom stereocenters. The van der Waals surface area contributed by atoms with E-state index in [4.69, 9.17) is 9.47 Å². The molecular formula is C20H23NO4. The van der Waals surface area contributed by atoms with Gasteiger partial charge >= 0.3 is 5.97 Å². The van der Waals surface area contributed by atoms with Crippen LogP contribution in [0.2, 0.25) is 0 Å². The van der Waals surface area contributed by atoms with Gasteiger partial charge in [-0.25, -0.2) is 0 Å². The van der Waals surface area contributed by atoms with Gasteiger partial charge in [-0.3, -0.25) is 4.79 Å². The Hall–Kier alpha value is -2.01. The Kier molecular flexibility index (Phi) is 3.06. The molecule has 0 saturated carbocycles. The second-order valence-electron chi connectivity index (χ2n) is 7.75. The number of carbonyl (C=O) groups excluding carboxylic acids is 1. The van der Waals surface area contributed by atoms with Crippen molar-refractivity contribution in [2.45, 2.75) is 49.9 Å². The molecule has 4 aliphatic rings. The largest absolute Gasteiger partial charge is 0.504 e. The van der Waals surface area contributed by atoms with Crippen molar-refractivity contribution in [3.05, 3.63) is 35.4 Å². The van der Waals surface area contributed by atoms with E-state index in [9.17, 15) is 9.90 Å². The number of piperidine rings is 1. The summed E-state index contributed by atoms with van der Waals surface area (Å²) in [6.45, 7) is 2.79. The number of hydrogen-bond donors (Lipinski definition) is 1. The Labute approximate surface area is 147 Å². The lowest BCUT2D eigenvalue weighted by Crippen LogP contribution is -2.65. The number of likely N-dealkylation sites (N-methyl/N-ethyl adjacent to an activating group) is 1. The maximum Gasteiger partial charge on any atom is 0.306 e. The Morgan fingerprint density at radius 1 is 1.44 bits per heavy atom. The number of rotatable bonds is 2. The Bertz CT molecular complexity index is 788. The molecule has 2 heterocycles. The first-order valence-corrected chi connectivity index (χ1v) is 9.16. The molecule has 0 aromatic heterocycles. The Morgan fingerprint density at radius 2 is 2.28 bits per heavy atom. The maximum atomic E-state index is 11.9. The first-order valence-electron chi connectivity index (χ1n) is 9.16. The van der Waals surface area contributed by atoms with E-state index in [0.29, 0.717) is 24.1 Å². The van der Waals surface area contributed by atoms with Crippen LogP contribution < -0.4 is 4.74 Å². The monoisotopic (exact) mass is 341 g/mol. The number of nitrogens with zero attached hydrogens (tertiary/aromatic N) is 1. The molecule has 1 N–H and O–H groups in total. The van der Waals surface area contributed by atoms with E-state index in [1.165, 1.54) is 5.56 Å². The van der Waals surface area contributed by atoms with Gasteiger partial charge < -0.3 is 19.5 Å². The highest BCUT2D eigenvalue weighted by molar-refractivity contribution is 5.70. The number of benzene rings is 1. The lowest BCUT2D eigenvalue weighted by Gasteiger charge is -2.56. The summed E-state index contributed by atoms with van der Waals surface area (Å²) in [6, 6.07) is 4.19. The van der Waals surface area contributed by atoms with E-state index in [1.807, 2.05) is 12.1 Å². The van der Waals surface area contributed by atoms with Crippen molar-refractivity contribution in [1.29, 1.82) is 0 Å². The summed E-state index contributed by atoms with van der Waals surface area (Å²) >= 11 is 0. The van der Waals surface area contributed by atoms with Crippen molar-refractivity contribution in [2.75, 3.05) is 13.6 Å². The summed E-state index contributed by atoms with van der Waals surface area (Å²) in [5.41, 5.74) is 2.22. The van der Waals surface area contributed by atoms with Crippen LogP contribution in [-0.2, 0) is 21.4 Å². The van der Waals surface area contributed by atoms with E-state index in [1.54, 1.807) is 13.0 Å². The predicted molar refractivity (Wildman–Crippen MR) is 91.7 cm³/mol. The topological polar surface area (TPSA) is 59.0 Å². The molecule has 5 heteroatoms. The van der Waals surface area contributed by atoms with Gasteiger partial charge in [0.25, 0.3) is 0 Å². The van der Waals surface area contributed by atoms with Gasteiger partial charge in [0.15, 0.2) is 17.6 Å². The summed E-state index contributed by atoms with van der Waals surface area (Å²) < 4.78 is 12.0. The molecule has 132 valence electrons. The smallest absolute Gasteiger partial charge is 0.306 e. The minimum atomic E-state index is -0.398. The normalized spacial score (nSPS) is 37.4. The van der Waals surface area contributed by atoms with Crippen molar-refractivity contribution >= 4 is 5.97 Å². The van der Waals surface area contributed by atoms with E-state index in [2.05, 4.69) is 18.0 Å². The van der Waals surface area contributed by atoms with Gasteiger partial charge in [0.1, 0.15) is 6.10 Å². The number of aromatic hydroxyl groups is 1. The summed E-state index contributed by atoms with van der Waals surface area (Å²) in [4.78, 5) is 14.4. The predicted octanol–water partition coefficient (Wildman–Crippen LogP) is 2.16. The average Bonchev–Trinajstić information content (AvgIpc) is 2.96. The van der Waals surface area contributed by atoms with Crippen LogP contribution in [0.5, 0.6) is 11.5 Å². The fourth-order valence-corrected chi connectivity index (χ4v) is 5.56. The molecule has 1 fully saturated rings. The Morgan fingerprint density at radius 3 is 3.08 bits per heavy atom. The van der Waals surface area contributed by atoms with Crippen molar-refractivity contribution in [3.8, 4) is 11.5 Å². The summed E-state index contributed by atoms with van der Waals surface area (Å²) in [7, 11) is 2.19. The van der Waals surface area contributed by atoms with Crippen LogP contribution in [0.15, 0.2) is 24.3 Å². The van der Waals surface area contributed by atoms with Gasteiger partial charge in [-0.2, -0.15) is 0 Å². The number of esters is 1. The minimum absolute atomic E-state index is 0.194. The fourth-order valence-electron chi connectivity index (χ4n) is 5.56. The highest BCUT2D eigenvalue weighted by Gasteiger charge is 2.65. The van der Waals surface area contributed by atoms with Gasteiger partial charge in [0.05, 0.1) is 0 Å². The van der Waals surface area contributed by atoms with E-state index in [-0.39, 0.29) is 23.2 Å². The van der Waals surface area contributed by atoms with E-state index < -0.39 is 6.10 Å². The third-order valence-electron chi connectivity index (χ3n) is 6.69. The zero-order chi connectivity index (χ0) is 17.3. The maximum absolute atomic E-state index is 11.9. The number of hydrogen-bond acceptors (Lipinski definition) is 5. The van der Waals surface area contributed by atoms with Crippen LogP contribution in [0.3, 0.4) is 0 Å². The van der Waals surface area contributed by atoms with Crippen molar-refractivity contribution < 1.29 is 19.4 Å². The Balaban J connectivity index is 1.70. The van der Waals surface area contributed by atoms with Crippen molar-refractivity contribution in [2.24, 2.45) is 5.92 Å². The standard InChI is InChI=1S/C20H23NO4/c1-3-16(23)24-15-7-5-12-13-10-11-4-6-14(22)18-17(11)20(12,19(15)25-18)8-9-21(13)2/h4-7,12-13,15,19,22H,3,8-10H2,1-2H3/t12-,13+,15-,19-,20-/m0/s1. The van der Waals surface area contributed by atoms with Gasteiger partial charge in [-0.05, 0) is 44.1 Å². The molecule has 1 spiro atoms. The molecule has 0 amide bonds. The molecule has 25 heavy (non-hydrogen) atoms. The SMILES string of the molecule is CCC(=O)O[C@H]1C=C[C@H]2[C@H]3Cc4ccc(O)c5c4[C@@]2(CCN3C)[C@H]1O5. The first kappa shape index (κ1) is 15.3. The number of phenolic OH excluding ortho intramolecular Hbond substituents is 1. The average molecular weight is 341 g/mol. The van der Waals surface area contributed by atoms with Crippen LogP contribution in [0.25, 0.3) is 0 Å². The molecule has 5 rings (SSSR count). The van der Waals surface area contributed by atoms with Gasteiger partial charge in [-0.1, -0.05) is 19.1 Å². The molecule has 1 aromatic rings. The quantitative estimate of drug-likeness (QED) is 0.660. The second kappa shape index (κ2) is 5.01. The van der Waals surface area contributed by atoms with Crippen molar-refractivity contribution in [1.82, 2.24) is 4.90 Å². The lowest BCUT2D eigenvalue weighted by molar-refractivity contribution is -0.154. The van der Waals surface area contributed by atoms with Gasteiger partial charge in [0.2, 0.25) is 0 Å². The number of likely N-dealkylation sites (tertiary alicyclic amines) is 1. The second-order valence-corrected chi connectivity index (χ2v) is 7.75. The lowest BCUT2D eigenvalue weighted by atomic mass is 9.53. The van der Waals surface area contributed by atoms with Gasteiger partial charge in [0, 0.05) is 29.4 Å². The zero-order valence-electron chi connectivity index (χ0n) is 14.6. The molecule has 2 aliphatic heterocycles. The van der Waals surface area contributed by atoms with E-state index in [0.717, 1.165) is 24.9 Å². The van der Waals surface area contributed by atoms with Crippen LogP contribution in [0, 0.1) is 5.92 Å². The molecule has 0 radical (unpaired) electrons. The van der Waals surface area contributed by atoms with E-state index >= 15 is 0 Å². The highest BCUT2D eigenvalue weighted by atomic mass is 16.6. The summed E-state index contributed by atoms with van der Waals surface area (Å²) in [5, 5.41) is 10.4. The summed E-state index contributed by atoms with van der Waals surface area (Å²) in [6.07, 6.45) is 5.84. The van der Waals surface area contributed by atoms with Gasteiger partial charge in [-0.15, -0.1) is 0 Å². The number of ether oxygens (including phenoxy) is 2. The molecule has 1 aromatic carbocycles. The zero-order valence-corrected chi connectivity index (χ0v) is 14.6. The first-order chi connectivity index (χ1) is 12.1.